The molecule has 0 unspecified atom stereocenters. The maximum Gasteiger partial charge on any atom is 0.251 e. The summed E-state index contributed by atoms with van der Waals surface area (Å²) in [5, 5.41) is 6.31. The van der Waals surface area contributed by atoms with Crippen molar-refractivity contribution in [2.75, 3.05) is 25.0 Å². The lowest BCUT2D eigenvalue weighted by Crippen LogP contribution is -2.28. The molecule has 1 aliphatic rings. The van der Waals surface area contributed by atoms with E-state index in [4.69, 9.17) is 11.6 Å². The highest BCUT2D eigenvalue weighted by Gasteiger charge is 2.14. The van der Waals surface area contributed by atoms with Crippen LogP contribution in [0.4, 0.5) is 5.69 Å². The summed E-state index contributed by atoms with van der Waals surface area (Å²) in [7, 11) is 0. The van der Waals surface area contributed by atoms with Gasteiger partial charge >= 0.3 is 0 Å². The number of hydrogen-bond acceptors (Lipinski definition) is 3. The monoisotopic (exact) mass is 385 g/mol. The van der Waals surface area contributed by atoms with Crippen LogP contribution in [0.1, 0.15) is 35.2 Å². The minimum Gasteiger partial charge on any atom is -0.352 e. The Morgan fingerprint density at radius 2 is 1.70 bits per heavy atom. The van der Waals surface area contributed by atoms with Gasteiger partial charge < -0.3 is 10.6 Å². The van der Waals surface area contributed by atoms with E-state index >= 15 is 0 Å². The number of rotatable bonds is 7. The third-order valence-corrected chi connectivity index (χ3v) is 4.88. The minimum atomic E-state index is -0.214. The van der Waals surface area contributed by atoms with E-state index < -0.39 is 0 Å². The van der Waals surface area contributed by atoms with Crippen LogP contribution >= 0.6 is 11.6 Å². The predicted octanol–water partition coefficient (Wildman–Crippen LogP) is 3.69. The van der Waals surface area contributed by atoms with Gasteiger partial charge in [0.05, 0.1) is 0 Å². The molecule has 1 saturated heterocycles. The number of benzene rings is 2. The normalized spacial score (nSPS) is 14.1. The molecule has 0 bridgehead atoms. The van der Waals surface area contributed by atoms with Crippen LogP contribution in [-0.2, 0) is 11.3 Å². The average molecular weight is 386 g/mol. The molecule has 2 N–H and O–H groups in total. The smallest absolute Gasteiger partial charge is 0.251 e. The molecule has 5 nitrogen and oxygen atoms in total. The third-order valence-electron chi connectivity index (χ3n) is 4.63. The number of likely N-dealkylation sites (tertiary alicyclic amines) is 1. The van der Waals surface area contributed by atoms with Crippen molar-refractivity contribution in [3.8, 4) is 0 Å². The zero-order valence-electron chi connectivity index (χ0n) is 15.2. The second-order valence-electron chi connectivity index (χ2n) is 6.70. The zero-order chi connectivity index (χ0) is 19.1. The molecule has 2 amide bonds. The Hall–Kier alpha value is -2.37. The first-order valence-electron chi connectivity index (χ1n) is 9.26. The molecule has 1 fully saturated rings. The Kier molecular flexibility index (Phi) is 6.85. The van der Waals surface area contributed by atoms with Gasteiger partial charge in [-0.1, -0.05) is 29.8 Å². The number of carbonyl (C=O) groups excluding carboxylic acids is 2. The van der Waals surface area contributed by atoms with Crippen LogP contribution < -0.4 is 10.6 Å². The highest BCUT2D eigenvalue weighted by atomic mass is 35.5. The quantitative estimate of drug-likeness (QED) is 0.764. The second kappa shape index (κ2) is 9.53. The molecule has 0 aliphatic carbocycles. The Balaban J connectivity index is 1.48. The number of anilines is 1. The van der Waals surface area contributed by atoms with E-state index in [0.29, 0.717) is 10.6 Å². The molecule has 0 radical (unpaired) electrons. The predicted molar refractivity (Wildman–Crippen MR) is 108 cm³/mol. The van der Waals surface area contributed by atoms with Crippen LogP contribution in [0.15, 0.2) is 48.5 Å². The number of carbonyl (C=O) groups is 2. The Morgan fingerprint density at radius 3 is 2.44 bits per heavy atom. The van der Waals surface area contributed by atoms with Gasteiger partial charge in [-0.25, -0.2) is 0 Å². The lowest BCUT2D eigenvalue weighted by molar-refractivity contribution is -0.116. The van der Waals surface area contributed by atoms with Gasteiger partial charge in [-0.2, -0.15) is 0 Å². The van der Waals surface area contributed by atoms with Crippen LogP contribution in [-0.4, -0.2) is 36.3 Å². The lowest BCUT2D eigenvalue weighted by atomic mass is 10.1. The van der Waals surface area contributed by atoms with E-state index in [0.717, 1.165) is 30.9 Å². The fourth-order valence-electron chi connectivity index (χ4n) is 3.17. The van der Waals surface area contributed by atoms with Gasteiger partial charge in [0.2, 0.25) is 5.91 Å². The molecule has 1 heterocycles. The van der Waals surface area contributed by atoms with Crippen molar-refractivity contribution >= 4 is 29.1 Å². The molecule has 2 aromatic rings. The Bertz CT molecular complexity index is 786. The fourth-order valence-corrected chi connectivity index (χ4v) is 3.29. The molecule has 142 valence electrons. The molecule has 0 saturated carbocycles. The SMILES string of the molecule is O=C(CCNC(=O)c1ccc(Cl)cc1)Nc1ccccc1CN1CCCC1. The standard InChI is InChI=1S/C21H24ClN3O2/c22-18-9-7-16(8-10-18)21(27)23-12-11-20(26)24-19-6-2-1-5-17(19)15-25-13-3-4-14-25/h1-2,5-10H,3-4,11-15H2,(H,23,27)(H,24,26). The number of halogens is 1. The highest BCUT2D eigenvalue weighted by molar-refractivity contribution is 6.30. The first-order chi connectivity index (χ1) is 13.1. The molecule has 2 aromatic carbocycles. The van der Waals surface area contributed by atoms with Crippen molar-refractivity contribution in [1.82, 2.24) is 10.2 Å². The molecule has 3 rings (SSSR count). The summed E-state index contributed by atoms with van der Waals surface area (Å²) in [5.74, 6) is -0.325. The number of nitrogens with zero attached hydrogens (tertiary/aromatic N) is 1. The summed E-state index contributed by atoms with van der Waals surface area (Å²) < 4.78 is 0. The molecule has 0 spiro atoms. The van der Waals surface area contributed by atoms with E-state index in [1.165, 1.54) is 12.8 Å². The summed E-state index contributed by atoms with van der Waals surface area (Å²) in [4.78, 5) is 26.7. The molecule has 0 aromatic heterocycles. The maximum atomic E-state index is 12.3. The van der Waals surface area contributed by atoms with Gasteiger partial charge in [0, 0.05) is 35.8 Å². The maximum absolute atomic E-state index is 12.3. The van der Waals surface area contributed by atoms with Gasteiger partial charge in [-0.3, -0.25) is 14.5 Å². The van der Waals surface area contributed by atoms with Crippen LogP contribution in [0.2, 0.25) is 5.02 Å². The van der Waals surface area contributed by atoms with Crippen molar-refractivity contribution in [3.05, 3.63) is 64.7 Å². The largest absolute Gasteiger partial charge is 0.352 e. The fraction of sp³-hybridized carbons (Fsp3) is 0.333. The number of para-hydroxylation sites is 1. The highest BCUT2D eigenvalue weighted by Crippen LogP contribution is 2.20. The first-order valence-corrected chi connectivity index (χ1v) is 9.63. The number of amides is 2. The lowest BCUT2D eigenvalue weighted by Gasteiger charge is -2.18. The van der Waals surface area contributed by atoms with Crippen LogP contribution in [0.25, 0.3) is 0 Å². The van der Waals surface area contributed by atoms with Crippen LogP contribution in [0.3, 0.4) is 0 Å². The first kappa shape index (κ1) is 19.4. The average Bonchev–Trinajstić information content (AvgIpc) is 3.17. The molecular formula is C21H24ClN3O2. The van der Waals surface area contributed by atoms with E-state index in [1.807, 2.05) is 18.2 Å². The van der Waals surface area contributed by atoms with Gasteiger partial charge in [-0.15, -0.1) is 0 Å². The number of nitrogens with one attached hydrogen (secondary N) is 2. The summed E-state index contributed by atoms with van der Waals surface area (Å²) in [6.45, 7) is 3.35. The topological polar surface area (TPSA) is 61.4 Å². The van der Waals surface area contributed by atoms with E-state index in [-0.39, 0.29) is 24.8 Å². The number of hydrogen-bond donors (Lipinski definition) is 2. The zero-order valence-corrected chi connectivity index (χ0v) is 16.0. The van der Waals surface area contributed by atoms with E-state index in [9.17, 15) is 9.59 Å². The Morgan fingerprint density at radius 1 is 1.00 bits per heavy atom. The van der Waals surface area contributed by atoms with Crippen molar-refractivity contribution < 1.29 is 9.59 Å². The molecule has 27 heavy (non-hydrogen) atoms. The van der Waals surface area contributed by atoms with Crippen molar-refractivity contribution in [1.29, 1.82) is 0 Å². The van der Waals surface area contributed by atoms with Crippen LogP contribution in [0, 0.1) is 0 Å². The third kappa shape index (κ3) is 5.81. The molecule has 1 aliphatic heterocycles. The van der Waals surface area contributed by atoms with Crippen molar-refractivity contribution in [2.45, 2.75) is 25.8 Å². The van der Waals surface area contributed by atoms with Crippen molar-refractivity contribution in [3.63, 3.8) is 0 Å². The summed E-state index contributed by atoms with van der Waals surface area (Å²) >= 11 is 5.82. The van der Waals surface area contributed by atoms with Gasteiger partial charge in [0.15, 0.2) is 0 Å². The summed E-state index contributed by atoms with van der Waals surface area (Å²) in [6, 6.07) is 14.5. The Labute approximate surface area is 164 Å². The molecule has 0 atom stereocenters. The second-order valence-corrected chi connectivity index (χ2v) is 7.14. The molecule has 6 heteroatoms. The van der Waals surface area contributed by atoms with Crippen LogP contribution in [0.5, 0.6) is 0 Å². The minimum absolute atomic E-state index is 0.111. The van der Waals surface area contributed by atoms with Crippen molar-refractivity contribution in [2.24, 2.45) is 0 Å². The van der Waals surface area contributed by atoms with Gasteiger partial charge in [-0.05, 0) is 61.8 Å². The van der Waals surface area contributed by atoms with E-state index in [1.54, 1.807) is 24.3 Å². The van der Waals surface area contributed by atoms with Gasteiger partial charge in [0.1, 0.15) is 0 Å². The summed E-state index contributed by atoms with van der Waals surface area (Å²) in [5.41, 5.74) is 2.49. The summed E-state index contributed by atoms with van der Waals surface area (Å²) in [6.07, 6.45) is 2.70. The van der Waals surface area contributed by atoms with Gasteiger partial charge in [0.25, 0.3) is 5.91 Å². The van der Waals surface area contributed by atoms with E-state index in [2.05, 4.69) is 21.6 Å². The molecular weight excluding hydrogens is 362 g/mol.